The minimum absolute atomic E-state index is 0.202. The highest BCUT2D eigenvalue weighted by Crippen LogP contribution is 2.20. The maximum atomic E-state index is 12.3. The third-order valence-electron chi connectivity index (χ3n) is 3.38. The van der Waals surface area contributed by atoms with Crippen LogP contribution in [0.1, 0.15) is 19.4 Å². The molecule has 1 heterocycles. The molecule has 106 valence electrons. The monoisotopic (exact) mass is 273 g/mol. The van der Waals surface area contributed by atoms with Crippen LogP contribution in [-0.4, -0.2) is 29.5 Å². The zero-order chi connectivity index (χ0) is 14.5. The molecule has 0 bridgehead atoms. The van der Waals surface area contributed by atoms with Crippen molar-refractivity contribution in [2.24, 2.45) is 5.92 Å². The van der Waals surface area contributed by atoms with Crippen LogP contribution in [0.3, 0.4) is 0 Å². The Morgan fingerprint density at radius 3 is 2.80 bits per heavy atom. The van der Waals surface area contributed by atoms with Crippen molar-refractivity contribution in [3.63, 3.8) is 0 Å². The Hall–Kier alpha value is -2.10. The maximum Gasteiger partial charge on any atom is 0.417 e. The van der Waals surface area contributed by atoms with Gasteiger partial charge in [0.15, 0.2) is 0 Å². The Morgan fingerprint density at radius 2 is 2.15 bits per heavy atom. The van der Waals surface area contributed by atoms with E-state index in [9.17, 15) is 9.59 Å². The van der Waals surface area contributed by atoms with E-state index in [0.29, 0.717) is 6.42 Å². The third-order valence-corrected chi connectivity index (χ3v) is 3.38. The zero-order valence-electron chi connectivity index (χ0n) is 11.8. The molecule has 1 aromatic rings. The topological polar surface area (TPSA) is 46.6 Å². The Labute approximate surface area is 119 Å². The molecule has 4 heteroatoms. The second-order valence-corrected chi connectivity index (χ2v) is 4.94. The number of allylic oxidation sites excluding steroid dienone is 1. The van der Waals surface area contributed by atoms with Gasteiger partial charge in [-0.15, -0.1) is 0 Å². The van der Waals surface area contributed by atoms with Gasteiger partial charge in [-0.05, 0) is 18.9 Å². The highest BCUT2D eigenvalue weighted by atomic mass is 16.6. The minimum atomic E-state index is -0.535. The van der Waals surface area contributed by atoms with Gasteiger partial charge in [0.1, 0.15) is 6.61 Å². The van der Waals surface area contributed by atoms with Gasteiger partial charge in [0.25, 0.3) is 0 Å². The van der Waals surface area contributed by atoms with Gasteiger partial charge < -0.3 is 4.74 Å². The molecule has 0 saturated carbocycles. The lowest BCUT2D eigenvalue weighted by Gasteiger charge is -2.21. The van der Waals surface area contributed by atoms with Crippen LogP contribution < -0.4 is 0 Å². The average Bonchev–Trinajstić information content (AvgIpc) is 2.80. The van der Waals surface area contributed by atoms with Crippen LogP contribution >= 0.6 is 0 Å². The molecule has 0 N–H and O–H groups in total. The molecular weight excluding hydrogens is 254 g/mol. The van der Waals surface area contributed by atoms with Crippen LogP contribution in [0.25, 0.3) is 0 Å². The number of carbonyl (C=O) groups is 2. The van der Waals surface area contributed by atoms with E-state index in [-0.39, 0.29) is 24.5 Å². The second kappa shape index (κ2) is 6.37. The highest BCUT2D eigenvalue weighted by Gasteiger charge is 2.38. The van der Waals surface area contributed by atoms with Crippen molar-refractivity contribution < 1.29 is 14.3 Å². The fourth-order valence-corrected chi connectivity index (χ4v) is 2.36. The first-order valence-electron chi connectivity index (χ1n) is 6.80. The van der Waals surface area contributed by atoms with E-state index in [1.807, 2.05) is 43.3 Å². The largest absolute Gasteiger partial charge is 0.447 e. The van der Waals surface area contributed by atoms with E-state index < -0.39 is 6.09 Å². The molecule has 0 aromatic heterocycles. The quantitative estimate of drug-likeness (QED) is 0.792. The Balaban J connectivity index is 2.12. The van der Waals surface area contributed by atoms with Gasteiger partial charge in [0, 0.05) is 0 Å². The molecule has 4 nitrogen and oxygen atoms in total. The summed E-state index contributed by atoms with van der Waals surface area (Å²) >= 11 is 0. The van der Waals surface area contributed by atoms with Gasteiger partial charge in [0.2, 0.25) is 5.91 Å². The highest BCUT2D eigenvalue weighted by molar-refractivity contribution is 5.95. The SMILES string of the molecule is C/C=C/C(C)C(=O)N1C(=O)OC[C@@H]1Cc1ccccc1. The molecule has 2 amide bonds. The zero-order valence-corrected chi connectivity index (χ0v) is 11.8. The van der Waals surface area contributed by atoms with Gasteiger partial charge in [-0.3, -0.25) is 4.79 Å². The third kappa shape index (κ3) is 3.07. The number of benzene rings is 1. The molecule has 2 rings (SSSR count). The lowest BCUT2D eigenvalue weighted by molar-refractivity contribution is -0.131. The van der Waals surface area contributed by atoms with Gasteiger partial charge in [-0.2, -0.15) is 0 Å². The minimum Gasteiger partial charge on any atom is -0.447 e. The number of hydrogen-bond donors (Lipinski definition) is 0. The van der Waals surface area contributed by atoms with Crippen LogP contribution in [0.5, 0.6) is 0 Å². The molecule has 1 aliphatic rings. The summed E-state index contributed by atoms with van der Waals surface area (Å²) in [4.78, 5) is 25.4. The van der Waals surface area contributed by atoms with Crippen molar-refractivity contribution in [2.75, 3.05) is 6.61 Å². The van der Waals surface area contributed by atoms with Crippen LogP contribution in [0.15, 0.2) is 42.5 Å². The smallest absolute Gasteiger partial charge is 0.417 e. The summed E-state index contributed by atoms with van der Waals surface area (Å²) in [5.41, 5.74) is 1.09. The predicted octanol–water partition coefficient (Wildman–Crippen LogP) is 2.79. The van der Waals surface area contributed by atoms with Crippen LogP contribution in [0.2, 0.25) is 0 Å². The summed E-state index contributed by atoms with van der Waals surface area (Å²) in [5.74, 6) is -0.518. The summed E-state index contributed by atoms with van der Waals surface area (Å²) in [6, 6.07) is 9.59. The van der Waals surface area contributed by atoms with Crippen molar-refractivity contribution in [1.29, 1.82) is 0 Å². The average molecular weight is 273 g/mol. The molecule has 1 fully saturated rings. The van der Waals surface area contributed by atoms with Crippen molar-refractivity contribution in [2.45, 2.75) is 26.3 Å². The predicted molar refractivity (Wildman–Crippen MR) is 76.1 cm³/mol. The fourth-order valence-electron chi connectivity index (χ4n) is 2.36. The number of nitrogens with zero attached hydrogens (tertiary/aromatic N) is 1. The molecule has 2 atom stereocenters. The molecular formula is C16H19NO3. The van der Waals surface area contributed by atoms with Crippen molar-refractivity contribution in [3.05, 3.63) is 48.0 Å². The van der Waals surface area contributed by atoms with E-state index in [1.165, 1.54) is 4.90 Å². The van der Waals surface area contributed by atoms with E-state index in [4.69, 9.17) is 4.74 Å². The molecule has 20 heavy (non-hydrogen) atoms. The van der Waals surface area contributed by atoms with Crippen molar-refractivity contribution in [1.82, 2.24) is 4.90 Å². The Morgan fingerprint density at radius 1 is 1.45 bits per heavy atom. The first kappa shape index (κ1) is 14.3. The molecule has 1 unspecified atom stereocenters. The lowest BCUT2D eigenvalue weighted by Crippen LogP contribution is -2.42. The van der Waals surface area contributed by atoms with Gasteiger partial charge in [0.05, 0.1) is 12.0 Å². The lowest BCUT2D eigenvalue weighted by atomic mass is 10.0. The number of ether oxygens (including phenoxy) is 1. The summed E-state index contributed by atoms with van der Waals surface area (Å²) in [5, 5.41) is 0. The number of rotatable bonds is 4. The maximum absolute atomic E-state index is 12.3. The molecule has 1 aliphatic heterocycles. The summed E-state index contributed by atoms with van der Waals surface area (Å²) in [6.45, 7) is 3.91. The standard InChI is InChI=1S/C16H19NO3/c1-3-7-12(2)15(18)17-14(11-20-16(17)19)10-13-8-5-4-6-9-13/h3-9,12,14H,10-11H2,1-2H3/b7-3+/t12?,14-/m0/s1. The summed E-state index contributed by atoms with van der Waals surface area (Å²) in [6.07, 6.45) is 3.69. The Kier molecular flexibility index (Phi) is 4.56. The molecule has 1 saturated heterocycles. The number of cyclic esters (lactones) is 1. The first-order chi connectivity index (χ1) is 9.63. The van der Waals surface area contributed by atoms with Crippen molar-refractivity contribution in [3.8, 4) is 0 Å². The number of carbonyl (C=O) groups excluding carboxylic acids is 2. The van der Waals surface area contributed by atoms with Gasteiger partial charge >= 0.3 is 6.09 Å². The fraction of sp³-hybridized carbons (Fsp3) is 0.375. The molecule has 0 radical (unpaired) electrons. The molecule has 0 spiro atoms. The van der Waals surface area contributed by atoms with Crippen molar-refractivity contribution >= 4 is 12.0 Å². The van der Waals surface area contributed by atoms with E-state index >= 15 is 0 Å². The number of imide groups is 1. The molecule has 1 aromatic carbocycles. The number of hydrogen-bond acceptors (Lipinski definition) is 3. The first-order valence-corrected chi connectivity index (χ1v) is 6.80. The Bertz CT molecular complexity index is 510. The van der Waals surface area contributed by atoms with E-state index in [1.54, 1.807) is 13.0 Å². The summed E-state index contributed by atoms with van der Waals surface area (Å²) < 4.78 is 5.04. The second-order valence-electron chi connectivity index (χ2n) is 4.94. The van der Waals surface area contributed by atoms with E-state index in [2.05, 4.69) is 0 Å². The van der Waals surface area contributed by atoms with Crippen LogP contribution in [0, 0.1) is 5.92 Å². The van der Waals surface area contributed by atoms with E-state index in [0.717, 1.165) is 5.56 Å². The normalized spacial score (nSPS) is 20.2. The molecule has 0 aliphatic carbocycles. The van der Waals surface area contributed by atoms with Gasteiger partial charge in [-0.1, -0.05) is 49.4 Å². The van der Waals surface area contributed by atoms with Crippen LogP contribution in [-0.2, 0) is 16.0 Å². The number of amides is 2. The van der Waals surface area contributed by atoms with Crippen LogP contribution in [0.4, 0.5) is 4.79 Å². The summed E-state index contributed by atoms with van der Waals surface area (Å²) in [7, 11) is 0. The van der Waals surface area contributed by atoms with Gasteiger partial charge in [-0.25, -0.2) is 9.69 Å².